The third-order valence-electron chi connectivity index (χ3n) is 1.50. The summed E-state index contributed by atoms with van der Waals surface area (Å²) >= 11 is 4.62. The summed E-state index contributed by atoms with van der Waals surface area (Å²) in [4.78, 5) is 11.0. The van der Waals surface area contributed by atoms with Gasteiger partial charge in [-0.05, 0) is 0 Å². The number of alkyl halides is 3. The molecule has 0 fully saturated rings. The lowest BCUT2D eigenvalue weighted by atomic mass is 10.2. The van der Waals surface area contributed by atoms with Gasteiger partial charge in [-0.2, -0.15) is 13.2 Å². The van der Waals surface area contributed by atoms with Gasteiger partial charge in [0.15, 0.2) is 0 Å². The van der Waals surface area contributed by atoms with Crippen LogP contribution in [0.5, 0.6) is 0 Å². The van der Waals surface area contributed by atoms with E-state index in [1.807, 2.05) is 0 Å². The second-order valence-corrected chi connectivity index (χ2v) is 3.45. The van der Waals surface area contributed by atoms with Crippen LogP contribution >= 0.6 is 12.2 Å². The Morgan fingerprint density at radius 2 is 2.00 bits per heavy atom. The van der Waals surface area contributed by atoms with Crippen LogP contribution in [0.15, 0.2) is 0 Å². The fraction of sp³-hybridized carbons (Fsp3) is 0.714. The highest BCUT2D eigenvalue weighted by molar-refractivity contribution is 7.80. The lowest BCUT2D eigenvalue weighted by Gasteiger charge is -2.12. The highest BCUT2D eigenvalue weighted by Gasteiger charge is 2.27. The van der Waals surface area contributed by atoms with Crippen molar-refractivity contribution in [2.24, 2.45) is 11.7 Å². The number of hydrogen-bond donors (Lipinski definition) is 3. The standard InChI is InChI=1S/C7H12F3N3OS/c1-4(5(11)15)2-12-6(14)13-3-7(8,9)10/h4H,2-3H2,1H3,(H2,11,15)(H2,12,13,14). The van der Waals surface area contributed by atoms with Crippen molar-refractivity contribution in [3.05, 3.63) is 0 Å². The first-order valence-electron chi connectivity index (χ1n) is 4.10. The Morgan fingerprint density at radius 3 is 2.40 bits per heavy atom. The summed E-state index contributed by atoms with van der Waals surface area (Å²) in [7, 11) is 0. The molecule has 4 nitrogen and oxygen atoms in total. The van der Waals surface area contributed by atoms with Crippen molar-refractivity contribution in [2.45, 2.75) is 13.1 Å². The average molecular weight is 243 g/mol. The molecule has 0 rings (SSSR count). The normalized spacial score (nSPS) is 13.1. The zero-order valence-electron chi connectivity index (χ0n) is 8.02. The molecule has 2 amide bonds. The zero-order valence-corrected chi connectivity index (χ0v) is 8.84. The number of hydrogen-bond acceptors (Lipinski definition) is 2. The molecule has 88 valence electrons. The maximum absolute atomic E-state index is 11.7. The highest BCUT2D eigenvalue weighted by Crippen LogP contribution is 2.11. The number of halogens is 3. The van der Waals surface area contributed by atoms with Crippen LogP contribution in [-0.2, 0) is 0 Å². The van der Waals surface area contributed by atoms with Gasteiger partial charge in [0, 0.05) is 12.5 Å². The van der Waals surface area contributed by atoms with E-state index >= 15 is 0 Å². The largest absolute Gasteiger partial charge is 0.405 e. The van der Waals surface area contributed by atoms with E-state index in [2.05, 4.69) is 17.5 Å². The first-order chi connectivity index (χ1) is 6.72. The molecule has 8 heteroatoms. The highest BCUT2D eigenvalue weighted by atomic mass is 32.1. The topological polar surface area (TPSA) is 67.2 Å². The van der Waals surface area contributed by atoms with Crippen molar-refractivity contribution in [3.8, 4) is 0 Å². The molecule has 1 unspecified atom stereocenters. The molecule has 0 saturated heterocycles. The summed E-state index contributed by atoms with van der Waals surface area (Å²) in [5.74, 6) is -0.253. The monoisotopic (exact) mass is 243 g/mol. The fourth-order valence-corrected chi connectivity index (χ4v) is 0.673. The minimum absolute atomic E-state index is 0.110. The van der Waals surface area contributed by atoms with Crippen molar-refractivity contribution >= 4 is 23.2 Å². The van der Waals surface area contributed by atoms with Gasteiger partial charge in [-0.25, -0.2) is 4.79 Å². The number of rotatable bonds is 4. The van der Waals surface area contributed by atoms with Crippen molar-refractivity contribution in [2.75, 3.05) is 13.1 Å². The van der Waals surface area contributed by atoms with Crippen molar-refractivity contribution in [1.82, 2.24) is 10.6 Å². The van der Waals surface area contributed by atoms with Crippen LogP contribution in [0.1, 0.15) is 6.92 Å². The summed E-state index contributed by atoms with van der Waals surface area (Å²) in [6.45, 7) is 0.408. The van der Waals surface area contributed by atoms with Crippen LogP contribution in [-0.4, -0.2) is 30.3 Å². The number of urea groups is 1. The van der Waals surface area contributed by atoms with Gasteiger partial charge in [0.05, 0.1) is 4.99 Å². The van der Waals surface area contributed by atoms with E-state index in [0.29, 0.717) is 0 Å². The summed E-state index contributed by atoms with van der Waals surface area (Å²) < 4.78 is 35.0. The van der Waals surface area contributed by atoms with Gasteiger partial charge in [0.2, 0.25) is 0 Å². The Balaban J connectivity index is 3.72. The second-order valence-electron chi connectivity index (χ2n) is 2.98. The lowest BCUT2D eigenvalue weighted by molar-refractivity contribution is -0.122. The predicted octanol–water partition coefficient (Wildman–Crippen LogP) is 0.770. The van der Waals surface area contributed by atoms with E-state index < -0.39 is 18.8 Å². The summed E-state index contributed by atoms with van der Waals surface area (Å²) in [6.07, 6.45) is -4.41. The van der Waals surface area contributed by atoms with Crippen molar-refractivity contribution < 1.29 is 18.0 Å². The summed E-state index contributed by atoms with van der Waals surface area (Å²) in [6, 6.07) is -0.893. The van der Waals surface area contributed by atoms with Crippen LogP contribution in [0.2, 0.25) is 0 Å². The third-order valence-corrected chi connectivity index (χ3v) is 1.91. The number of nitrogens with two attached hydrogens (primary N) is 1. The number of carbonyl (C=O) groups excluding carboxylic acids is 1. The van der Waals surface area contributed by atoms with Crippen LogP contribution < -0.4 is 16.4 Å². The van der Waals surface area contributed by atoms with E-state index in [4.69, 9.17) is 5.73 Å². The van der Waals surface area contributed by atoms with Gasteiger partial charge in [-0.1, -0.05) is 19.1 Å². The Hall–Kier alpha value is -1.05. The molecule has 1 atom stereocenters. The van der Waals surface area contributed by atoms with Crippen LogP contribution in [0.3, 0.4) is 0 Å². The zero-order chi connectivity index (χ0) is 12.1. The molecule has 15 heavy (non-hydrogen) atoms. The molecular weight excluding hydrogens is 231 g/mol. The molecule has 0 aliphatic carbocycles. The quantitative estimate of drug-likeness (QED) is 0.639. The van der Waals surface area contributed by atoms with Crippen molar-refractivity contribution in [3.63, 3.8) is 0 Å². The Bertz CT molecular complexity index is 244. The molecule has 0 aromatic heterocycles. The number of nitrogens with one attached hydrogen (secondary N) is 2. The maximum Gasteiger partial charge on any atom is 0.405 e. The molecule has 0 bridgehead atoms. The molecule has 0 aromatic carbocycles. The molecule has 0 heterocycles. The van der Waals surface area contributed by atoms with Gasteiger partial charge < -0.3 is 16.4 Å². The third kappa shape index (κ3) is 7.98. The van der Waals surface area contributed by atoms with Gasteiger partial charge >= 0.3 is 12.2 Å². The van der Waals surface area contributed by atoms with E-state index in [9.17, 15) is 18.0 Å². The van der Waals surface area contributed by atoms with E-state index in [1.54, 1.807) is 12.2 Å². The fourth-order valence-electron chi connectivity index (χ4n) is 0.589. The maximum atomic E-state index is 11.7. The van der Waals surface area contributed by atoms with E-state index in [1.165, 1.54) is 0 Å². The SMILES string of the molecule is CC(CNC(=O)NCC(F)(F)F)C(N)=S. The van der Waals surface area contributed by atoms with Crippen LogP contribution in [0, 0.1) is 5.92 Å². The van der Waals surface area contributed by atoms with Gasteiger partial charge in [-0.3, -0.25) is 0 Å². The molecule has 0 spiro atoms. The Kier molecular flexibility index (Phi) is 5.34. The number of carbonyl (C=O) groups is 1. The smallest absolute Gasteiger partial charge is 0.393 e. The molecule has 0 radical (unpaired) electrons. The average Bonchev–Trinajstić information content (AvgIpc) is 2.09. The van der Waals surface area contributed by atoms with E-state index in [-0.39, 0.29) is 17.5 Å². The first kappa shape index (κ1) is 13.9. The Labute approximate surface area is 90.4 Å². The van der Waals surface area contributed by atoms with E-state index in [0.717, 1.165) is 0 Å². The molecule has 0 aliphatic heterocycles. The minimum atomic E-state index is -4.41. The summed E-state index contributed by atoms with van der Waals surface area (Å²) in [5, 5.41) is 3.88. The molecule has 4 N–H and O–H groups in total. The van der Waals surface area contributed by atoms with Crippen LogP contribution in [0.25, 0.3) is 0 Å². The Morgan fingerprint density at radius 1 is 1.47 bits per heavy atom. The van der Waals surface area contributed by atoms with Gasteiger partial charge in [0.1, 0.15) is 6.54 Å². The minimum Gasteiger partial charge on any atom is -0.393 e. The number of amides is 2. The predicted molar refractivity (Wildman–Crippen MR) is 53.4 cm³/mol. The second kappa shape index (κ2) is 5.74. The molecule has 0 saturated carbocycles. The van der Waals surface area contributed by atoms with Gasteiger partial charge in [0.25, 0.3) is 0 Å². The molecule has 0 aromatic rings. The van der Waals surface area contributed by atoms with Crippen LogP contribution in [0.4, 0.5) is 18.0 Å². The van der Waals surface area contributed by atoms with Crippen molar-refractivity contribution in [1.29, 1.82) is 0 Å². The number of thiocarbonyl (C=S) groups is 1. The summed E-state index contributed by atoms with van der Waals surface area (Å²) in [5.41, 5.74) is 5.25. The molecular formula is C7H12F3N3OS. The van der Waals surface area contributed by atoms with Gasteiger partial charge in [-0.15, -0.1) is 0 Å². The molecule has 0 aliphatic rings. The first-order valence-corrected chi connectivity index (χ1v) is 4.51. The lowest BCUT2D eigenvalue weighted by Crippen LogP contribution is -2.43.